The molecule has 26 heavy (non-hydrogen) atoms. The van der Waals surface area contributed by atoms with E-state index in [9.17, 15) is 9.59 Å². The number of amides is 1. The number of rotatable bonds is 7. The molecule has 0 bridgehead atoms. The Hall–Kier alpha value is -2.38. The molecule has 5 nitrogen and oxygen atoms in total. The SMILES string of the molecule is CCNC(=O)COC(=O)c1ccc(CSc2nc3ccccc3s2)cc1. The van der Waals surface area contributed by atoms with E-state index in [1.54, 1.807) is 35.2 Å². The number of thioether (sulfide) groups is 1. The van der Waals surface area contributed by atoms with Gasteiger partial charge >= 0.3 is 5.97 Å². The number of benzene rings is 2. The van der Waals surface area contributed by atoms with Crippen LogP contribution in [0.3, 0.4) is 0 Å². The van der Waals surface area contributed by atoms with Gasteiger partial charge in [-0.2, -0.15) is 0 Å². The van der Waals surface area contributed by atoms with Crippen molar-refractivity contribution in [3.63, 3.8) is 0 Å². The predicted octanol–water partition coefficient (Wildman–Crippen LogP) is 3.88. The van der Waals surface area contributed by atoms with Gasteiger partial charge in [-0.15, -0.1) is 11.3 Å². The lowest BCUT2D eigenvalue weighted by molar-refractivity contribution is -0.124. The van der Waals surface area contributed by atoms with Crippen LogP contribution in [0, 0.1) is 0 Å². The number of hydrogen-bond donors (Lipinski definition) is 1. The Balaban J connectivity index is 1.53. The molecular formula is C19H18N2O3S2. The molecular weight excluding hydrogens is 368 g/mol. The van der Waals surface area contributed by atoms with Gasteiger partial charge in [0.15, 0.2) is 10.9 Å². The number of hydrogen-bond acceptors (Lipinski definition) is 6. The Morgan fingerprint density at radius 1 is 1.15 bits per heavy atom. The minimum atomic E-state index is -0.498. The van der Waals surface area contributed by atoms with E-state index in [0.29, 0.717) is 12.1 Å². The van der Waals surface area contributed by atoms with E-state index in [1.165, 1.54) is 4.70 Å². The first-order valence-corrected chi connectivity index (χ1v) is 9.97. The fourth-order valence-electron chi connectivity index (χ4n) is 2.26. The van der Waals surface area contributed by atoms with Crippen molar-refractivity contribution in [1.82, 2.24) is 10.3 Å². The molecule has 0 atom stereocenters. The summed E-state index contributed by atoms with van der Waals surface area (Å²) in [4.78, 5) is 27.8. The molecule has 3 rings (SSSR count). The van der Waals surface area contributed by atoms with Crippen LogP contribution < -0.4 is 5.32 Å². The molecule has 0 aliphatic heterocycles. The zero-order valence-corrected chi connectivity index (χ0v) is 15.9. The number of ether oxygens (including phenoxy) is 1. The minimum absolute atomic E-state index is 0.262. The number of carbonyl (C=O) groups excluding carboxylic acids is 2. The summed E-state index contributed by atoms with van der Waals surface area (Å²) in [6.45, 7) is 2.06. The number of thiazole rings is 1. The molecule has 1 amide bonds. The molecule has 0 saturated heterocycles. The van der Waals surface area contributed by atoms with Crippen LogP contribution in [0.15, 0.2) is 52.9 Å². The smallest absolute Gasteiger partial charge is 0.338 e. The largest absolute Gasteiger partial charge is 0.452 e. The molecule has 2 aromatic carbocycles. The average molecular weight is 386 g/mol. The monoisotopic (exact) mass is 386 g/mol. The van der Waals surface area contributed by atoms with E-state index in [2.05, 4.69) is 16.4 Å². The second kappa shape index (κ2) is 8.82. The summed E-state index contributed by atoms with van der Waals surface area (Å²) >= 11 is 3.35. The van der Waals surface area contributed by atoms with Crippen molar-refractivity contribution in [2.45, 2.75) is 17.0 Å². The van der Waals surface area contributed by atoms with Crippen molar-refractivity contribution >= 4 is 45.2 Å². The molecule has 1 heterocycles. The minimum Gasteiger partial charge on any atom is -0.452 e. The Morgan fingerprint density at radius 3 is 2.65 bits per heavy atom. The normalized spacial score (nSPS) is 10.7. The lowest BCUT2D eigenvalue weighted by Crippen LogP contribution is -2.28. The van der Waals surface area contributed by atoms with E-state index in [4.69, 9.17) is 4.74 Å². The second-order valence-corrected chi connectivity index (χ2v) is 7.72. The maximum absolute atomic E-state index is 11.9. The van der Waals surface area contributed by atoms with Crippen LogP contribution >= 0.6 is 23.1 Å². The van der Waals surface area contributed by atoms with Gasteiger partial charge in [-0.05, 0) is 36.8 Å². The van der Waals surface area contributed by atoms with Gasteiger partial charge < -0.3 is 10.1 Å². The van der Waals surface area contributed by atoms with Crippen molar-refractivity contribution in [1.29, 1.82) is 0 Å². The van der Waals surface area contributed by atoms with E-state index >= 15 is 0 Å². The van der Waals surface area contributed by atoms with Gasteiger partial charge in [0.2, 0.25) is 0 Å². The summed E-state index contributed by atoms with van der Waals surface area (Å²) in [6.07, 6.45) is 0. The third-order valence-corrected chi connectivity index (χ3v) is 5.79. The number of nitrogens with zero attached hydrogens (tertiary/aromatic N) is 1. The fraction of sp³-hybridized carbons (Fsp3) is 0.211. The van der Waals surface area contributed by atoms with E-state index in [1.807, 2.05) is 37.3 Å². The van der Waals surface area contributed by atoms with Crippen LogP contribution in [0.1, 0.15) is 22.8 Å². The molecule has 0 aliphatic carbocycles. The molecule has 1 aromatic heterocycles. The average Bonchev–Trinajstić information content (AvgIpc) is 3.08. The van der Waals surface area contributed by atoms with Gasteiger partial charge in [-0.3, -0.25) is 4.79 Å². The van der Waals surface area contributed by atoms with Gasteiger partial charge in [0, 0.05) is 12.3 Å². The van der Waals surface area contributed by atoms with Crippen LogP contribution in [-0.4, -0.2) is 30.0 Å². The van der Waals surface area contributed by atoms with E-state index in [-0.39, 0.29) is 12.5 Å². The number of carbonyl (C=O) groups is 2. The molecule has 0 saturated carbocycles. The lowest BCUT2D eigenvalue weighted by Gasteiger charge is -2.05. The highest BCUT2D eigenvalue weighted by molar-refractivity contribution is 8.00. The molecule has 3 aromatic rings. The summed E-state index contributed by atoms with van der Waals surface area (Å²) in [7, 11) is 0. The standard InChI is InChI=1S/C19H18N2O3S2/c1-2-20-17(22)11-24-18(23)14-9-7-13(8-10-14)12-25-19-21-15-5-3-4-6-16(15)26-19/h3-10H,2,11-12H2,1H3,(H,20,22). The van der Waals surface area contributed by atoms with Crippen molar-refractivity contribution in [2.75, 3.05) is 13.2 Å². The highest BCUT2D eigenvalue weighted by atomic mass is 32.2. The van der Waals surface area contributed by atoms with Crippen molar-refractivity contribution in [3.8, 4) is 0 Å². The van der Waals surface area contributed by atoms with Gasteiger partial charge in [-0.25, -0.2) is 9.78 Å². The topological polar surface area (TPSA) is 68.3 Å². The summed E-state index contributed by atoms with van der Waals surface area (Å²) in [5.74, 6) is -0.0278. The molecule has 0 spiro atoms. The van der Waals surface area contributed by atoms with Crippen LogP contribution in [0.2, 0.25) is 0 Å². The van der Waals surface area contributed by atoms with Gasteiger partial charge in [0.1, 0.15) is 0 Å². The van der Waals surface area contributed by atoms with Crippen molar-refractivity contribution in [3.05, 3.63) is 59.7 Å². The molecule has 0 radical (unpaired) electrons. The highest BCUT2D eigenvalue weighted by Crippen LogP contribution is 2.31. The van der Waals surface area contributed by atoms with Crippen LogP contribution in [0.25, 0.3) is 10.2 Å². The van der Waals surface area contributed by atoms with Gasteiger partial charge in [0.25, 0.3) is 5.91 Å². The second-order valence-electron chi connectivity index (χ2n) is 5.46. The summed E-state index contributed by atoms with van der Waals surface area (Å²) in [5, 5.41) is 2.58. The third kappa shape index (κ3) is 4.83. The van der Waals surface area contributed by atoms with E-state index < -0.39 is 5.97 Å². The molecule has 0 aliphatic rings. The summed E-state index contributed by atoms with van der Waals surface area (Å²) in [5.41, 5.74) is 2.54. The van der Waals surface area contributed by atoms with Crippen LogP contribution in [0.4, 0.5) is 0 Å². The zero-order chi connectivity index (χ0) is 18.4. The number of esters is 1. The van der Waals surface area contributed by atoms with Gasteiger partial charge in [0.05, 0.1) is 15.8 Å². The Bertz CT molecular complexity index is 874. The first-order valence-electron chi connectivity index (χ1n) is 8.17. The Morgan fingerprint density at radius 2 is 1.92 bits per heavy atom. The molecule has 134 valence electrons. The maximum Gasteiger partial charge on any atom is 0.338 e. The van der Waals surface area contributed by atoms with Gasteiger partial charge in [-0.1, -0.05) is 36.0 Å². The maximum atomic E-state index is 11.9. The summed E-state index contributed by atoms with van der Waals surface area (Å²) in [6, 6.07) is 15.3. The molecule has 0 unspecified atom stereocenters. The third-order valence-electron chi connectivity index (χ3n) is 3.53. The van der Waals surface area contributed by atoms with Crippen molar-refractivity contribution < 1.29 is 14.3 Å². The van der Waals surface area contributed by atoms with Crippen LogP contribution in [-0.2, 0) is 15.3 Å². The summed E-state index contributed by atoms with van der Waals surface area (Å²) < 4.78 is 7.19. The fourth-order valence-corrected chi connectivity index (χ4v) is 4.28. The lowest BCUT2D eigenvalue weighted by atomic mass is 10.1. The first kappa shape index (κ1) is 18.4. The molecule has 7 heteroatoms. The number of likely N-dealkylation sites (N-methyl/N-ethyl adjacent to an activating group) is 1. The number of para-hydroxylation sites is 1. The van der Waals surface area contributed by atoms with Crippen LogP contribution in [0.5, 0.6) is 0 Å². The van der Waals surface area contributed by atoms with E-state index in [0.717, 1.165) is 21.2 Å². The predicted molar refractivity (Wildman–Crippen MR) is 105 cm³/mol. The number of fused-ring (bicyclic) bond motifs is 1. The first-order chi connectivity index (χ1) is 12.7. The molecule has 1 N–H and O–H groups in total. The molecule has 0 fully saturated rings. The Labute approximate surface area is 159 Å². The Kier molecular flexibility index (Phi) is 6.25. The highest BCUT2D eigenvalue weighted by Gasteiger charge is 2.10. The quantitative estimate of drug-likeness (QED) is 0.493. The number of aromatic nitrogens is 1. The zero-order valence-electron chi connectivity index (χ0n) is 14.2. The van der Waals surface area contributed by atoms with Crippen molar-refractivity contribution in [2.24, 2.45) is 0 Å². The number of nitrogens with one attached hydrogen (secondary N) is 1.